The van der Waals surface area contributed by atoms with E-state index in [1.807, 2.05) is 0 Å². The number of nitrogens with zero attached hydrogens (tertiary/aromatic N) is 1. The molecule has 1 saturated heterocycles. The first-order chi connectivity index (χ1) is 11.3. The van der Waals surface area contributed by atoms with E-state index in [4.69, 9.17) is 14.7 Å². The topological polar surface area (TPSA) is 71.4 Å². The van der Waals surface area contributed by atoms with E-state index in [0.29, 0.717) is 30.3 Å². The Morgan fingerprint density at radius 3 is 3.00 bits per heavy atom. The number of nitrogens with one attached hydrogen (secondary N) is 1. The Morgan fingerprint density at radius 1 is 1.39 bits per heavy atom. The summed E-state index contributed by atoms with van der Waals surface area (Å²) in [6, 6.07) is 8.76. The van der Waals surface area contributed by atoms with Gasteiger partial charge in [-0.3, -0.25) is 4.79 Å². The fourth-order valence-electron chi connectivity index (χ4n) is 2.94. The van der Waals surface area contributed by atoms with Gasteiger partial charge in [-0.25, -0.2) is 0 Å². The van der Waals surface area contributed by atoms with E-state index in [2.05, 4.69) is 11.4 Å². The molecule has 23 heavy (non-hydrogen) atoms. The van der Waals surface area contributed by atoms with Crippen LogP contribution in [0.3, 0.4) is 0 Å². The van der Waals surface area contributed by atoms with Crippen molar-refractivity contribution in [3.05, 3.63) is 35.4 Å². The molecule has 0 spiro atoms. The summed E-state index contributed by atoms with van der Waals surface area (Å²) in [7, 11) is 0. The highest BCUT2D eigenvalue weighted by Gasteiger charge is 2.29. The number of rotatable bonds is 5. The van der Waals surface area contributed by atoms with Crippen molar-refractivity contribution in [1.29, 1.82) is 5.26 Å². The molecule has 122 valence electrons. The maximum atomic E-state index is 12.4. The van der Waals surface area contributed by atoms with E-state index < -0.39 is 0 Å². The Hall–Kier alpha value is -1.90. The Balaban J connectivity index is 1.58. The largest absolute Gasteiger partial charge is 0.379 e. The van der Waals surface area contributed by atoms with Gasteiger partial charge >= 0.3 is 0 Å². The second-order valence-corrected chi connectivity index (χ2v) is 6.30. The zero-order valence-electron chi connectivity index (χ0n) is 13.2. The number of ether oxygens (including phenoxy) is 2. The van der Waals surface area contributed by atoms with Crippen LogP contribution in [-0.2, 0) is 9.47 Å². The van der Waals surface area contributed by atoms with Crippen molar-refractivity contribution in [1.82, 2.24) is 5.32 Å². The van der Waals surface area contributed by atoms with Crippen LogP contribution < -0.4 is 5.32 Å². The number of nitriles is 1. The Labute approximate surface area is 136 Å². The van der Waals surface area contributed by atoms with E-state index in [0.717, 1.165) is 13.0 Å². The van der Waals surface area contributed by atoms with Gasteiger partial charge in [0.25, 0.3) is 5.91 Å². The molecular weight excluding hydrogens is 292 g/mol. The predicted octanol–water partition coefficient (Wildman–Crippen LogP) is 2.26. The third-order valence-corrected chi connectivity index (χ3v) is 4.65. The summed E-state index contributed by atoms with van der Waals surface area (Å²) >= 11 is 0. The van der Waals surface area contributed by atoms with Crippen molar-refractivity contribution in [2.45, 2.75) is 37.8 Å². The molecule has 1 aliphatic carbocycles. The van der Waals surface area contributed by atoms with Crippen LogP contribution in [0.1, 0.15) is 41.6 Å². The summed E-state index contributed by atoms with van der Waals surface area (Å²) in [4.78, 5) is 12.4. The van der Waals surface area contributed by atoms with Gasteiger partial charge in [-0.15, -0.1) is 0 Å². The number of carbonyl (C=O) groups is 1. The number of hydrogen-bond acceptors (Lipinski definition) is 4. The molecule has 1 N–H and O–H groups in total. The van der Waals surface area contributed by atoms with Crippen LogP contribution in [0.25, 0.3) is 0 Å². The van der Waals surface area contributed by atoms with Crippen LogP contribution in [0.4, 0.5) is 0 Å². The molecule has 3 rings (SSSR count). The first-order valence-electron chi connectivity index (χ1n) is 8.26. The average Bonchev–Trinajstić information content (AvgIpc) is 2.55. The molecule has 1 heterocycles. The molecule has 2 atom stereocenters. The fourth-order valence-corrected chi connectivity index (χ4v) is 2.94. The minimum atomic E-state index is -0.161. The lowest BCUT2D eigenvalue weighted by molar-refractivity contribution is -0.0819. The molecule has 0 radical (unpaired) electrons. The zero-order valence-corrected chi connectivity index (χ0v) is 13.2. The molecule has 1 aliphatic heterocycles. The van der Waals surface area contributed by atoms with E-state index in [-0.39, 0.29) is 18.1 Å². The maximum Gasteiger partial charge on any atom is 0.251 e. The van der Waals surface area contributed by atoms with E-state index in [1.54, 1.807) is 24.3 Å². The van der Waals surface area contributed by atoms with Crippen LogP contribution in [0, 0.1) is 17.2 Å². The van der Waals surface area contributed by atoms with Gasteiger partial charge in [0.1, 0.15) is 6.10 Å². The summed E-state index contributed by atoms with van der Waals surface area (Å²) in [6.45, 7) is 1.91. The lowest BCUT2D eigenvalue weighted by atomic mass is 9.86. The van der Waals surface area contributed by atoms with E-state index in [1.165, 1.54) is 19.3 Å². The first-order valence-corrected chi connectivity index (χ1v) is 8.26. The van der Waals surface area contributed by atoms with Crippen LogP contribution in [0.2, 0.25) is 0 Å². The minimum Gasteiger partial charge on any atom is -0.379 e. The van der Waals surface area contributed by atoms with Crippen molar-refractivity contribution in [2.24, 2.45) is 5.92 Å². The van der Waals surface area contributed by atoms with Crippen molar-refractivity contribution < 1.29 is 14.3 Å². The van der Waals surface area contributed by atoms with Crippen LogP contribution >= 0.6 is 0 Å². The van der Waals surface area contributed by atoms with E-state index in [9.17, 15) is 4.79 Å². The molecule has 1 aromatic carbocycles. The smallest absolute Gasteiger partial charge is 0.251 e. The van der Waals surface area contributed by atoms with Crippen molar-refractivity contribution in [3.63, 3.8) is 0 Å². The first kappa shape index (κ1) is 16.0. The lowest BCUT2D eigenvalue weighted by Gasteiger charge is -2.34. The van der Waals surface area contributed by atoms with Gasteiger partial charge in [0.15, 0.2) is 0 Å². The quantitative estimate of drug-likeness (QED) is 0.905. The fraction of sp³-hybridized carbons (Fsp3) is 0.556. The predicted molar refractivity (Wildman–Crippen MR) is 84.9 cm³/mol. The van der Waals surface area contributed by atoms with Gasteiger partial charge in [-0.2, -0.15) is 5.26 Å². The van der Waals surface area contributed by atoms with Gasteiger partial charge in [-0.05, 0) is 43.4 Å². The average molecular weight is 314 g/mol. The van der Waals surface area contributed by atoms with Crippen LogP contribution in [0.5, 0.6) is 0 Å². The maximum absolute atomic E-state index is 12.4. The SMILES string of the molecule is N#Cc1cccc(C(=O)N[C@@H]2CCOC[C@H]2OCC2CCC2)c1. The molecule has 5 heteroatoms. The lowest BCUT2D eigenvalue weighted by Crippen LogP contribution is -2.50. The standard InChI is InChI=1S/C18H22N2O3/c19-10-14-5-2-6-15(9-14)18(21)20-16-7-8-22-12-17(16)23-11-13-3-1-4-13/h2,5-6,9,13,16-17H,1,3-4,7-8,11-12H2,(H,20,21)/t16-,17-/m1/s1. The van der Waals surface area contributed by atoms with Crippen molar-refractivity contribution in [3.8, 4) is 6.07 Å². The summed E-state index contributed by atoms with van der Waals surface area (Å²) in [6.07, 6.45) is 4.44. The number of benzene rings is 1. The molecule has 0 bridgehead atoms. The number of amides is 1. The van der Waals surface area contributed by atoms with Gasteiger partial charge < -0.3 is 14.8 Å². The number of hydrogen-bond donors (Lipinski definition) is 1. The molecule has 5 nitrogen and oxygen atoms in total. The third-order valence-electron chi connectivity index (χ3n) is 4.65. The second kappa shape index (κ2) is 7.58. The Morgan fingerprint density at radius 2 is 2.26 bits per heavy atom. The molecular formula is C18H22N2O3. The Bertz CT molecular complexity index is 592. The van der Waals surface area contributed by atoms with Gasteiger partial charge in [-0.1, -0.05) is 12.5 Å². The summed E-state index contributed by atoms with van der Waals surface area (Å²) in [5.41, 5.74) is 0.996. The number of carbonyl (C=O) groups excluding carboxylic acids is 1. The molecule has 1 aromatic rings. The van der Waals surface area contributed by atoms with Crippen LogP contribution in [-0.4, -0.2) is 37.9 Å². The minimum absolute atomic E-state index is 0.0398. The highest BCUT2D eigenvalue weighted by molar-refractivity contribution is 5.94. The van der Waals surface area contributed by atoms with Crippen molar-refractivity contribution in [2.75, 3.05) is 19.8 Å². The summed E-state index contributed by atoms with van der Waals surface area (Å²) < 4.78 is 11.5. The molecule has 2 fully saturated rings. The second-order valence-electron chi connectivity index (χ2n) is 6.30. The highest BCUT2D eigenvalue weighted by Crippen LogP contribution is 2.27. The third kappa shape index (κ3) is 4.10. The normalized spacial score (nSPS) is 24.5. The molecule has 2 aliphatic rings. The monoisotopic (exact) mass is 314 g/mol. The summed E-state index contributed by atoms with van der Waals surface area (Å²) in [5.74, 6) is 0.506. The van der Waals surface area contributed by atoms with Crippen molar-refractivity contribution >= 4 is 5.91 Å². The van der Waals surface area contributed by atoms with Gasteiger partial charge in [0.2, 0.25) is 0 Å². The van der Waals surface area contributed by atoms with Gasteiger partial charge in [0, 0.05) is 18.8 Å². The zero-order chi connectivity index (χ0) is 16.1. The summed E-state index contributed by atoms with van der Waals surface area (Å²) in [5, 5.41) is 12.0. The molecule has 1 saturated carbocycles. The van der Waals surface area contributed by atoms with E-state index >= 15 is 0 Å². The molecule has 0 aromatic heterocycles. The Kier molecular flexibility index (Phi) is 5.27. The molecule has 1 amide bonds. The highest BCUT2D eigenvalue weighted by atomic mass is 16.5. The van der Waals surface area contributed by atoms with Gasteiger partial charge in [0.05, 0.1) is 24.3 Å². The molecule has 0 unspecified atom stereocenters. The van der Waals surface area contributed by atoms with Crippen LogP contribution in [0.15, 0.2) is 24.3 Å².